The van der Waals surface area contributed by atoms with Gasteiger partial charge < -0.3 is 15.0 Å². The van der Waals surface area contributed by atoms with Crippen LogP contribution < -0.4 is 5.32 Å². The van der Waals surface area contributed by atoms with Gasteiger partial charge in [0.25, 0.3) is 0 Å². The highest BCUT2D eigenvalue weighted by Crippen LogP contribution is 2.26. The Kier molecular flexibility index (Phi) is 6.29. The van der Waals surface area contributed by atoms with Crippen molar-refractivity contribution in [2.45, 2.75) is 19.8 Å². The Morgan fingerprint density at radius 3 is 2.68 bits per heavy atom. The van der Waals surface area contributed by atoms with E-state index in [1.165, 1.54) is 0 Å². The molecule has 1 fully saturated rings. The summed E-state index contributed by atoms with van der Waals surface area (Å²) in [5, 5.41) is 4.83. The minimum absolute atomic E-state index is 0.0295. The average molecular weight is 361 g/mol. The van der Waals surface area contributed by atoms with Crippen molar-refractivity contribution >= 4 is 52.2 Å². The first kappa shape index (κ1) is 17.3. The molecule has 0 saturated carbocycles. The molecular formula is C15H18Cl2N2O2S. The van der Waals surface area contributed by atoms with Gasteiger partial charge in [0.1, 0.15) is 0 Å². The second-order valence-corrected chi connectivity index (χ2v) is 6.30. The quantitative estimate of drug-likeness (QED) is 0.652. The van der Waals surface area contributed by atoms with E-state index in [0.29, 0.717) is 21.8 Å². The zero-order chi connectivity index (χ0) is 16.1. The van der Waals surface area contributed by atoms with Crippen LogP contribution in [-0.2, 0) is 9.53 Å². The molecule has 22 heavy (non-hydrogen) atoms. The lowest BCUT2D eigenvalue weighted by atomic mass is 9.97. The van der Waals surface area contributed by atoms with Crippen LogP contribution in [0.5, 0.6) is 0 Å². The number of thiocarbonyl (C=S) groups is 1. The Morgan fingerprint density at radius 2 is 2.09 bits per heavy atom. The predicted molar refractivity (Wildman–Crippen MR) is 93.6 cm³/mol. The van der Waals surface area contributed by atoms with Gasteiger partial charge in [0, 0.05) is 18.1 Å². The van der Waals surface area contributed by atoms with Gasteiger partial charge in [-0.2, -0.15) is 0 Å². The number of hydrogen-bond donors (Lipinski definition) is 1. The SMILES string of the molecule is CCOC(=O)C1CCN(C(=S)Nc2ccc(Cl)cc2Cl)CC1. The maximum absolute atomic E-state index is 11.7. The number of benzene rings is 1. The van der Waals surface area contributed by atoms with Crippen molar-refractivity contribution in [2.24, 2.45) is 5.92 Å². The van der Waals surface area contributed by atoms with Crippen molar-refractivity contribution in [1.82, 2.24) is 4.90 Å². The Labute approximate surface area is 145 Å². The highest BCUT2D eigenvalue weighted by atomic mass is 35.5. The van der Waals surface area contributed by atoms with Gasteiger partial charge >= 0.3 is 5.97 Å². The van der Waals surface area contributed by atoms with Crippen LogP contribution in [0.25, 0.3) is 0 Å². The number of nitrogens with zero attached hydrogens (tertiary/aromatic N) is 1. The molecule has 120 valence electrons. The number of nitrogens with one attached hydrogen (secondary N) is 1. The van der Waals surface area contributed by atoms with Gasteiger partial charge in [0.15, 0.2) is 5.11 Å². The van der Waals surface area contributed by atoms with Gasteiger partial charge in [-0.1, -0.05) is 23.2 Å². The van der Waals surface area contributed by atoms with Crippen LogP contribution in [0.3, 0.4) is 0 Å². The minimum Gasteiger partial charge on any atom is -0.466 e. The molecule has 1 aromatic rings. The van der Waals surface area contributed by atoms with Crippen LogP contribution in [0, 0.1) is 5.92 Å². The number of carbonyl (C=O) groups excluding carboxylic acids is 1. The molecule has 0 radical (unpaired) electrons. The molecular weight excluding hydrogens is 343 g/mol. The van der Waals surface area contributed by atoms with Crippen LogP contribution in [0.15, 0.2) is 18.2 Å². The van der Waals surface area contributed by atoms with Gasteiger partial charge in [-0.05, 0) is 50.2 Å². The van der Waals surface area contributed by atoms with E-state index in [1.807, 2.05) is 11.8 Å². The smallest absolute Gasteiger partial charge is 0.309 e. The third-order valence-corrected chi connectivity index (χ3v) is 4.48. The van der Waals surface area contributed by atoms with Crippen molar-refractivity contribution < 1.29 is 9.53 Å². The van der Waals surface area contributed by atoms with E-state index in [0.717, 1.165) is 31.6 Å². The number of rotatable bonds is 3. The van der Waals surface area contributed by atoms with Crippen molar-refractivity contribution in [3.8, 4) is 0 Å². The minimum atomic E-state index is -0.109. The molecule has 1 N–H and O–H groups in total. The summed E-state index contributed by atoms with van der Waals surface area (Å²) in [7, 11) is 0. The second kappa shape index (κ2) is 7.99. The molecule has 2 rings (SSSR count). The summed E-state index contributed by atoms with van der Waals surface area (Å²) in [6, 6.07) is 5.22. The van der Waals surface area contributed by atoms with E-state index in [1.54, 1.807) is 18.2 Å². The number of piperidine rings is 1. The molecule has 0 amide bonds. The van der Waals surface area contributed by atoms with E-state index in [2.05, 4.69) is 5.32 Å². The molecule has 0 atom stereocenters. The average Bonchev–Trinajstić information content (AvgIpc) is 2.50. The van der Waals surface area contributed by atoms with Gasteiger partial charge in [-0.15, -0.1) is 0 Å². The fourth-order valence-electron chi connectivity index (χ4n) is 2.36. The zero-order valence-electron chi connectivity index (χ0n) is 12.3. The molecule has 0 aromatic heterocycles. The predicted octanol–water partition coefficient (Wildman–Crippen LogP) is 3.97. The van der Waals surface area contributed by atoms with E-state index < -0.39 is 0 Å². The van der Waals surface area contributed by atoms with Crippen molar-refractivity contribution in [2.75, 3.05) is 25.0 Å². The molecule has 0 spiro atoms. The van der Waals surface area contributed by atoms with E-state index in [4.69, 9.17) is 40.2 Å². The summed E-state index contributed by atoms with van der Waals surface area (Å²) in [6.45, 7) is 3.69. The van der Waals surface area contributed by atoms with Crippen LogP contribution in [0.4, 0.5) is 5.69 Å². The van der Waals surface area contributed by atoms with Gasteiger partial charge in [0.05, 0.1) is 23.2 Å². The van der Waals surface area contributed by atoms with Crippen LogP contribution in [0.2, 0.25) is 10.0 Å². The standard InChI is InChI=1S/C15H18Cl2N2O2S/c1-2-21-14(20)10-5-7-19(8-6-10)15(22)18-13-4-3-11(16)9-12(13)17/h3-4,9-10H,2,5-8H2,1H3,(H,18,22). The van der Waals surface area contributed by atoms with Crippen molar-refractivity contribution in [3.63, 3.8) is 0 Å². The molecule has 1 aliphatic rings. The number of carbonyl (C=O) groups is 1. The summed E-state index contributed by atoms with van der Waals surface area (Å²) < 4.78 is 5.06. The van der Waals surface area contributed by atoms with Gasteiger partial charge in [-0.25, -0.2) is 0 Å². The van der Waals surface area contributed by atoms with E-state index >= 15 is 0 Å². The fraction of sp³-hybridized carbons (Fsp3) is 0.467. The first-order chi connectivity index (χ1) is 10.5. The molecule has 1 saturated heterocycles. The van der Waals surface area contributed by atoms with Gasteiger partial charge in [0.2, 0.25) is 0 Å². The lowest BCUT2D eigenvalue weighted by Gasteiger charge is -2.33. The number of likely N-dealkylation sites (tertiary alicyclic amines) is 1. The zero-order valence-corrected chi connectivity index (χ0v) is 14.6. The highest BCUT2D eigenvalue weighted by Gasteiger charge is 2.27. The molecule has 4 nitrogen and oxygen atoms in total. The van der Waals surface area contributed by atoms with Crippen LogP contribution in [0.1, 0.15) is 19.8 Å². The van der Waals surface area contributed by atoms with Crippen LogP contribution >= 0.6 is 35.4 Å². The monoisotopic (exact) mass is 360 g/mol. The maximum Gasteiger partial charge on any atom is 0.309 e. The second-order valence-electron chi connectivity index (χ2n) is 5.07. The summed E-state index contributed by atoms with van der Waals surface area (Å²) in [4.78, 5) is 13.8. The van der Waals surface area contributed by atoms with Gasteiger partial charge in [-0.3, -0.25) is 4.79 Å². The van der Waals surface area contributed by atoms with E-state index in [9.17, 15) is 4.79 Å². The summed E-state index contributed by atoms with van der Waals surface area (Å²) in [5.74, 6) is -0.139. The number of halogens is 2. The Bertz CT molecular complexity index is 560. The largest absolute Gasteiger partial charge is 0.466 e. The van der Waals surface area contributed by atoms with Crippen molar-refractivity contribution in [1.29, 1.82) is 0 Å². The molecule has 0 aliphatic carbocycles. The topological polar surface area (TPSA) is 41.6 Å². The molecule has 7 heteroatoms. The molecule has 1 heterocycles. The molecule has 1 aliphatic heterocycles. The molecule has 1 aromatic carbocycles. The Balaban J connectivity index is 1.88. The third kappa shape index (κ3) is 4.48. The Morgan fingerprint density at radius 1 is 1.41 bits per heavy atom. The van der Waals surface area contributed by atoms with Crippen molar-refractivity contribution in [3.05, 3.63) is 28.2 Å². The first-order valence-electron chi connectivity index (χ1n) is 7.19. The maximum atomic E-state index is 11.7. The number of esters is 1. The third-order valence-electron chi connectivity index (χ3n) is 3.57. The highest BCUT2D eigenvalue weighted by molar-refractivity contribution is 7.80. The fourth-order valence-corrected chi connectivity index (χ4v) is 3.11. The molecule has 0 bridgehead atoms. The molecule has 0 unspecified atom stereocenters. The summed E-state index contributed by atoms with van der Waals surface area (Å²) >= 11 is 17.4. The van der Waals surface area contributed by atoms with Crippen LogP contribution in [-0.4, -0.2) is 35.7 Å². The lowest BCUT2D eigenvalue weighted by Crippen LogP contribution is -2.42. The first-order valence-corrected chi connectivity index (χ1v) is 8.35. The number of anilines is 1. The summed E-state index contributed by atoms with van der Waals surface area (Å²) in [6.07, 6.45) is 1.49. The Hall–Kier alpha value is -1.04. The number of ether oxygens (including phenoxy) is 1. The summed E-state index contributed by atoms with van der Waals surface area (Å²) in [5.41, 5.74) is 0.726. The number of hydrogen-bond acceptors (Lipinski definition) is 3. The normalized spacial score (nSPS) is 15.5. The lowest BCUT2D eigenvalue weighted by molar-refractivity contribution is -0.149. The van der Waals surface area contributed by atoms with E-state index in [-0.39, 0.29) is 11.9 Å².